The number of pyridine rings is 1. The Kier molecular flexibility index (Phi) is 4.71. The smallest absolute Gasteiger partial charge is 0.272 e. The summed E-state index contributed by atoms with van der Waals surface area (Å²) < 4.78 is 32.1. The molecule has 0 fully saturated rings. The quantitative estimate of drug-likeness (QED) is 0.680. The van der Waals surface area contributed by atoms with Crippen molar-refractivity contribution in [1.29, 1.82) is 0 Å². The van der Waals surface area contributed by atoms with Gasteiger partial charge in [0.05, 0.1) is 0 Å². The van der Waals surface area contributed by atoms with Crippen molar-refractivity contribution in [2.75, 3.05) is 0 Å². The largest absolute Gasteiger partial charge is 0.437 e. The minimum atomic E-state index is -2.98. The van der Waals surface area contributed by atoms with Crippen molar-refractivity contribution in [2.45, 2.75) is 39.5 Å². The molecule has 118 valence electrons. The van der Waals surface area contributed by atoms with Crippen molar-refractivity contribution in [3.8, 4) is 11.6 Å². The lowest BCUT2D eigenvalue weighted by molar-refractivity contribution is 0.0171. The number of hydrogen-bond acceptors (Lipinski definition) is 2. The molecule has 0 spiro atoms. The highest BCUT2D eigenvalue weighted by atomic mass is 35.5. The zero-order valence-electron chi connectivity index (χ0n) is 13.0. The van der Waals surface area contributed by atoms with Crippen LogP contribution in [0.25, 0.3) is 0 Å². The molecule has 1 aromatic carbocycles. The molecule has 5 heteroatoms. The average Bonchev–Trinajstić information content (AvgIpc) is 2.41. The third kappa shape index (κ3) is 3.74. The molecule has 0 atom stereocenters. The third-order valence-electron chi connectivity index (χ3n) is 3.39. The van der Waals surface area contributed by atoms with Crippen LogP contribution in [0.5, 0.6) is 11.6 Å². The van der Waals surface area contributed by atoms with Gasteiger partial charge in [-0.1, -0.05) is 37.6 Å². The summed E-state index contributed by atoms with van der Waals surface area (Å²) in [7, 11) is 0. The Labute approximate surface area is 134 Å². The molecule has 0 saturated heterocycles. The molecule has 2 nitrogen and oxygen atoms in total. The molecule has 0 radical (unpaired) electrons. The van der Waals surface area contributed by atoms with Gasteiger partial charge in [-0.25, -0.2) is 13.8 Å². The topological polar surface area (TPSA) is 22.1 Å². The summed E-state index contributed by atoms with van der Waals surface area (Å²) in [5, 5.41) is 0.0614. The summed E-state index contributed by atoms with van der Waals surface area (Å²) in [6.07, 6.45) is 1.08. The minimum Gasteiger partial charge on any atom is -0.437 e. The molecular formula is C17H18ClF2NO. The second-order valence-electron chi connectivity index (χ2n) is 5.68. The van der Waals surface area contributed by atoms with Gasteiger partial charge in [0.15, 0.2) is 0 Å². The van der Waals surface area contributed by atoms with Crippen molar-refractivity contribution >= 4 is 11.6 Å². The Morgan fingerprint density at radius 1 is 1.23 bits per heavy atom. The first-order valence-electron chi connectivity index (χ1n) is 7.00. The van der Waals surface area contributed by atoms with E-state index in [1.165, 1.54) is 11.6 Å². The van der Waals surface area contributed by atoms with Crippen molar-refractivity contribution in [3.05, 3.63) is 52.2 Å². The molecule has 0 aliphatic rings. The second kappa shape index (κ2) is 6.21. The van der Waals surface area contributed by atoms with Gasteiger partial charge in [0.2, 0.25) is 5.88 Å². The van der Waals surface area contributed by atoms with Gasteiger partial charge in [-0.05, 0) is 36.1 Å². The standard InChI is InChI=1S/C17H18ClF2NO/c1-10(2)12-5-6-15(11(3)7-12)22-16-14(18)8-13(9-21-16)17(4,19)20/h5-10H,1-4H3. The number of aryl methyl sites for hydroxylation is 1. The highest BCUT2D eigenvalue weighted by molar-refractivity contribution is 6.31. The van der Waals surface area contributed by atoms with Crippen LogP contribution in [-0.4, -0.2) is 4.98 Å². The molecule has 0 bridgehead atoms. The lowest BCUT2D eigenvalue weighted by atomic mass is 10.0. The predicted molar refractivity (Wildman–Crippen MR) is 84.2 cm³/mol. The van der Waals surface area contributed by atoms with E-state index >= 15 is 0 Å². The maximum atomic E-state index is 13.2. The molecular weight excluding hydrogens is 308 g/mol. The number of nitrogens with zero attached hydrogens (tertiary/aromatic N) is 1. The van der Waals surface area contributed by atoms with E-state index in [-0.39, 0.29) is 16.5 Å². The molecule has 1 heterocycles. The molecule has 0 aliphatic carbocycles. The molecule has 2 aromatic rings. The van der Waals surface area contributed by atoms with E-state index in [0.717, 1.165) is 18.7 Å². The summed E-state index contributed by atoms with van der Waals surface area (Å²) in [6, 6.07) is 7.02. The Morgan fingerprint density at radius 2 is 1.91 bits per heavy atom. The van der Waals surface area contributed by atoms with Crippen LogP contribution in [0, 0.1) is 6.92 Å². The Bertz CT molecular complexity index is 681. The summed E-state index contributed by atoms with van der Waals surface area (Å²) in [6.45, 7) is 6.94. The van der Waals surface area contributed by atoms with Crippen LogP contribution < -0.4 is 4.74 Å². The van der Waals surface area contributed by atoms with Crippen molar-refractivity contribution in [1.82, 2.24) is 4.98 Å². The fourth-order valence-electron chi connectivity index (χ4n) is 1.99. The zero-order valence-corrected chi connectivity index (χ0v) is 13.7. The first-order valence-corrected chi connectivity index (χ1v) is 7.38. The fourth-order valence-corrected chi connectivity index (χ4v) is 2.20. The Hall–Kier alpha value is -1.68. The molecule has 0 amide bonds. The van der Waals surface area contributed by atoms with Gasteiger partial charge >= 0.3 is 0 Å². The maximum absolute atomic E-state index is 13.2. The molecule has 0 aliphatic heterocycles. The van der Waals surface area contributed by atoms with Gasteiger partial charge in [-0.3, -0.25) is 0 Å². The molecule has 22 heavy (non-hydrogen) atoms. The predicted octanol–water partition coefficient (Wildman–Crippen LogP) is 6.07. The minimum absolute atomic E-state index is 0.0614. The second-order valence-corrected chi connectivity index (χ2v) is 6.09. The zero-order chi connectivity index (χ0) is 16.5. The number of hydrogen-bond donors (Lipinski definition) is 0. The van der Waals surface area contributed by atoms with Gasteiger partial charge in [-0.15, -0.1) is 0 Å². The van der Waals surface area contributed by atoms with Crippen LogP contribution in [0.4, 0.5) is 8.78 Å². The SMILES string of the molecule is Cc1cc(C(C)C)ccc1Oc1ncc(C(C)(F)F)cc1Cl. The van der Waals surface area contributed by atoms with Gasteiger partial charge < -0.3 is 4.74 Å². The normalized spacial score (nSPS) is 11.8. The fraction of sp³-hybridized carbons (Fsp3) is 0.353. The van der Waals surface area contributed by atoms with Crippen molar-refractivity contribution in [3.63, 3.8) is 0 Å². The van der Waals surface area contributed by atoms with E-state index < -0.39 is 5.92 Å². The average molecular weight is 326 g/mol. The van der Waals surface area contributed by atoms with Gasteiger partial charge in [-0.2, -0.15) is 0 Å². The van der Waals surface area contributed by atoms with Gasteiger partial charge in [0, 0.05) is 18.7 Å². The summed E-state index contributed by atoms with van der Waals surface area (Å²) >= 11 is 6.00. The number of rotatable bonds is 4. The van der Waals surface area contributed by atoms with Crippen LogP contribution in [0.2, 0.25) is 5.02 Å². The maximum Gasteiger partial charge on any atom is 0.272 e. The number of alkyl halides is 2. The van der Waals surface area contributed by atoms with E-state index in [2.05, 4.69) is 18.8 Å². The van der Waals surface area contributed by atoms with E-state index in [0.29, 0.717) is 11.7 Å². The molecule has 1 aromatic heterocycles. The van der Waals surface area contributed by atoms with Crippen LogP contribution in [-0.2, 0) is 5.92 Å². The van der Waals surface area contributed by atoms with Crippen LogP contribution in [0.15, 0.2) is 30.5 Å². The van der Waals surface area contributed by atoms with E-state index in [1.54, 1.807) is 0 Å². The first-order chi connectivity index (χ1) is 10.2. The number of benzene rings is 1. The van der Waals surface area contributed by atoms with Crippen molar-refractivity contribution < 1.29 is 13.5 Å². The van der Waals surface area contributed by atoms with E-state index in [1.807, 2.05) is 25.1 Å². The molecule has 0 saturated carbocycles. The number of ether oxygens (including phenoxy) is 1. The summed E-state index contributed by atoms with van der Waals surface area (Å²) in [5.74, 6) is -1.84. The van der Waals surface area contributed by atoms with Crippen LogP contribution in [0.3, 0.4) is 0 Å². The first kappa shape index (κ1) is 16.7. The summed E-state index contributed by atoms with van der Waals surface area (Å²) in [4.78, 5) is 3.90. The number of halogens is 3. The Balaban J connectivity index is 2.28. The molecule has 0 unspecified atom stereocenters. The van der Waals surface area contributed by atoms with Gasteiger partial charge in [0.1, 0.15) is 10.8 Å². The highest BCUT2D eigenvalue weighted by Gasteiger charge is 2.26. The summed E-state index contributed by atoms with van der Waals surface area (Å²) in [5.41, 5.74) is 1.90. The van der Waals surface area contributed by atoms with Gasteiger partial charge in [0.25, 0.3) is 5.92 Å². The van der Waals surface area contributed by atoms with Crippen LogP contribution >= 0.6 is 11.6 Å². The van der Waals surface area contributed by atoms with E-state index in [9.17, 15) is 8.78 Å². The monoisotopic (exact) mass is 325 g/mol. The number of aromatic nitrogens is 1. The lowest BCUT2D eigenvalue weighted by Gasteiger charge is -2.14. The van der Waals surface area contributed by atoms with E-state index in [4.69, 9.17) is 16.3 Å². The Morgan fingerprint density at radius 3 is 2.41 bits per heavy atom. The molecule has 2 rings (SSSR count). The van der Waals surface area contributed by atoms with Crippen LogP contribution in [0.1, 0.15) is 43.4 Å². The van der Waals surface area contributed by atoms with Crippen molar-refractivity contribution in [2.24, 2.45) is 0 Å². The highest BCUT2D eigenvalue weighted by Crippen LogP contribution is 2.34. The molecule has 0 N–H and O–H groups in total. The lowest BCUT2D eigenvalue weighted by Crippen LogP contribution is -2.07. The third-order valence-corrected chi connectivity index (χ3v) is 3.66.